The van der Waals surface area contributed by atoms with Crippen LogP contribution in [0.4, 0.5) is 0 Å². The highest BCUT2D eigenvalue weighted by atomic mass is 16.3. The Bertz CT molecular complexity index is 401. The summed E-state index contributed by atoms with van der Waals surface area (Å²) >= 11 is 0. The van der Waals surface area contributed by atoms with Crippen molar-refractivity contribution in [1.29, 1.82) is 0 Å². The minimum atomic E-state index is 0.0000520. The first-order valence-corrected chi connectivity index (χ1v) is 6.50. The van der Waals surface area contributed by atoms with Gasteiger partial charge >= 0.3 is 0 Å². The van der Waals surface area contributed by atoms with E-state index in [9.17, 15) is 9.90 Å². The van der Waals surface area contributed by atoms with Crippen LogP contribution in [0.5, 0.6) is 5.75 Å². The highest BCUT2D eigenvalue weighted by Crippen LogP contribution is 2.11. The molecule has 104 valence electrons. The van der Waals surface area contributed by atoms with Crippen LogP contribution in [0.2, 0.25) is 0 Å². The van der Waals surface area contributed by atoms with Crippen LogP contribution in [-0.2, 0) is 11.2 Å². The summed E-state index contributed by atoms with van der Waals surface area (Å²) in [4.78, 5) is 11.5. The van der Waals surface area contributed by atoms with Crippen molar-refractivity contribution in [2.45, 2.75) is 25.8 Å². The Morgan fingerprint density at radius 1 is 1.42 bits per heavy atom. The van der Waals surface area contributed by atoms with Crippen LogP contribution in [-0.4, -0.2) is 30.1 Å². The highest BCUT2D eigenvalue weighted by Gasteiger charge is 2.06. The fraction of sp³-hybridized carbons (Fsp3) is 0.400. The quantitative estimate of drug-likeness (QED) is 0.492. The number of benzene rings is 1. The van der Waals surface area contributed by atoms with Crippen molar-refractivity contribution in [3.63, 3.8) is 0 Å². The zero-order valence-corrected chi connectivity index (χ0v) is 11.4. The molecule has 1 amide bonds. The molecule has 0 radical (unpaired) electrons. The second-order valence-electron chi connectivity index (χ2n) is 4.59. The van der Waals surface area contributed by atoms with E-state index in [1.54, 1.807) is 18.2 Å². The number of nitrogens with one attached hydrogen (secondary N) is 2. The third kappa shape index (κ3) is 6.62. The van der Waals surface area contributed by atoms with Crippen molar-refractivity contribution in [1.82, 2.24) is 10.6 Å². The number of phenolic OH excluding ortho intramolecular Hbond substituents is 1. The molecule has 1 rings (SSSR count). The van der Waals surface area contributed by atoms with Gasteiger partial charge in [0.15, 0.2) is 0 Å². The van der Waals surface area contributed by atoms with Gasteiger partial charge in [-0.15, -0.1) is 6.58 Å². The van der Waals surface area contributed by atoms with E-state index in [4.69, 9.17) is 0 Å². The predicted molar refractivity (Wildman–Crippen MR) is 77.1 cm³/mol. The molecule has 0 bridgehead atoms. The fourth-order valence-corrected chi connectivity index (χ4v) is 1.73. The number of aromatic hydroxyl groups is 1. The molecular formula is C15H22N2O2. The summed E-state index contributed by atoms with van der Waals surface area (Å²) in [6.07, 6.45) is 3.47. The van der Waals surface area contributed by atoms with Crippen LogP contribution in [0.1, 0.15) is 18.9 Å². The molecule has 1 unspecified atom stereocenters. The highest BCUT2D eigenvalue weighted by molar-refractivity contribution is 5.78. The van der Waals surface area contributed by atoms with Crippen LogP contribution in [0.15, 0.2) is 36.9 Å². The second kappa shape index (κ2) is 8.32. The lowest BCUT2D eigenvalue weighted by molar-refractivity contribution is -0.120. The number of aryl methyl sites for hydroxylation is 1. The summed E-state index contributed by atoms with van der Waals surface area (Å²) in [5.41, 5.74) is 1.16. The average molecular weight is 262 g/mol. The van der Waals surface area contributed by atoms with E-state index in [0.717, 1.165) is 18.4 Å². The van der Waals surface area contributed by atoms with Crippen LogP contribution >= 0.6 is 0 Å². The van der Waals surface area contributed by atoms with E-state index in [1.807, 2.05) is 19.1 Å². The first kappa shape index (κ1) is 15.2. The first-order chi connectivity index (χ1) is 9.11. The molecule has 0 spiro atoms. The molecule has 4 nitrogen and oxygen atoms in total. The zero-order chi connectivity index (χ0) is 14.1. The van der Waals surface area contributed by atoms with E-state index < -0.39 is 0 Å². The molecule has 4 heteroatoms. The molecule has 19 heavy (non-hydrogen) atoms. The lowest BCUT2D eigenvalue weighted by Crippen LogP contribution is -2.39. The molecule has 1 aromatic carbocycles. The van der Waals surface area contributed by atoms with Crippen molar-refractivity contribution in [2.24, 2.45) is 0 Å². The van der Waals surface area contributed by atoms with Gasteiger partial charge in [-0.2, -0.15) is 0 Å². The molecule has 1 atom stereocenters. The number of hydrogen-bond donors (Lipinski definition) is 3. The van der Waals surface area contributed by atoms with Gasteiger partial charge in [0.2, 0.25) is 5.91 Å². The minimum absolute atomic E-state index is 0.0000520. The predicted octanol–water partition coefficient (Wildman–Crippen LogP) is 1.61. The molecule has 0 aromatic heterocycles. The average Bonchev–Trinajstić information content (AvgIpc) is 2.38. The molecule has 0 aliphatic heterocycles. The summed E-state index contributed by atoms with van der Waals surface area (Å²) < 4.78 is 0. The van der Waals surface area contributed by atoms with Crippen LogP contribution in [0.25, 0.3) is 0 Å². The second-order valence-corrected chi connectivity index (χ2v) is 4.59. The Kier molecular flexibility index (Phi) is 6.68. The van der Waals surface area contributed by atoms with E-state index in [-0.39, 0.29) is 17.7 Å². The van der Waals surface area contributed by atoms with Gasteiger partial charge in [-0.25, -0.2) is 0 Å². The standard InChI is InChI=1S/C15H22N2O2/c1-3-10-16-11-15(19)17-12(2)4-5-13-6-8-14(18)9-7-13/h3,6-9,12,16,18H,1,4-5,10-11H2,2H3,(H,17,19). The van der Waals surface area contributed by atoms with Crippen LogP contribution < -0.4 is 10.6 Å². The molecular weight excluding hydrogens is 240 g/mol. The number of amides is 1. The topological polar surface area (TPSA) is 61.4 Å². The van der Waals surface area contributed by atoms with Gasteiger partial charge in [-0.1, -0.05) is 18.2 Å². The third-order valence-corrected chi connectivity index (χ3v) is 2.78. The molecule has 0 heterocycles. The van der Waals surface area contributed by atoms with Crippen molar-refractivity contribution in [3.8, 4) is 5.75 Å². The van der Waals surface area contributed by atoms with Crippen molar-refractivity contribution in [3.05, 3.63) is 42.5 Å². The Morgan fingerprint density at radius 2 is 2.11 bits per heavy atom. The van der Waals surface area contributed by atoms with Crippen LogP contribution in [0.3, 0.4) is 0 Å². The number of rotatable bonds is 8. The first-order valence-electron chi connectivity index (χ1n) is 6.50. The van der Waals surface area contributed by atoms with Crippen LogP contribution in [0, 0.1) is 0 Å². The fourth-order valence-electron chi connectivity index (χ4n) is 1.73. The number of hydrogen-bond acceptors (Lipinski definition) is 3. The maximum Gasteiger partial charge on any atom is 0.234 e. The number of carbonyl (C=O) groups is 1. The SMILES string of the molecule is C=CCNCC(=O)NC(C)CCc1ccc(O)cc1. The molecule has 0 fully saturated rings. The lowest BCUT2D eigenvalue weighted by Gasteiger charge is -2.14. The molecule has 1 aromatic rings. The van der Waals surface area contributed by atoms with Crippen molar-refractivity contribution < 1.29 is 9.90 Å². The Balaban J connectivity index is 2.23. The summed E-state index contributed by atoms with van der Waals surface area (Å²) in [7, 11) is 0. The summed E-state index contributed by atoms with van der Waals surface area (Å²) in [6, 6.07) is 7.28. The van der Waals surface area contributed by atoms with E-state index >= 15 is 0 Å². The summed E-state index contributed by atoms with van der Waals surface area (Å²) in [5, 5.41) is 15.1. The largest absolute Gasteiger partial charge is 0.508 e. The minimum Gasteiger partial charge on any atom is -0.508 e. The Labute approximate surface area is 114 Å². The van der Waals surface area contributed by atoms with E-state index in [2.05, 4.69) is 17.2 Å². The van der Waals surface area contributed by atoms with Crippen molar-refractivity contribution in [2.75, 3.05) is 13.1 Å². The molecule has 3 N–H and O–H groups in total. The monoisotopic (exact) mass is 262 g/mol. The van der Waals surface area contributed by atoms with E-state index in [0.29, 0.717) is 13.1 Å². The molecule has 0 aliphatic carbocycles. The third-order valence-electron chi connectivity index (χ3n) is 2.78. The molecule has 0 saturated heterocycles. The maximum absolute atomic E-state index is 11.5. The van der Waals surface area contributed by atoms with E-state index in [1.165, 1.54) is 0 Å². The van der Waals surface area contributed by atoms with Gasteiger partial charge < -0.3 is 15.7 Å². The molecule has 0 aliphatic rings. The number of carbonyl (C=O) groups excluding carboxylic acids is 1. The number of phenols is 1. The zero-order valence-electron chi connectivity index (χ0n) is 11.4. The maximum atomic E-state index is 11.5. The Hall–Kier alpha value is -1.81. The van der Waals surface area contributed by atoms with Gasteiger partial charge in [-0.05, 0) is 37.5 Å². The van der Waals surface area contributed by atoms with Gasteiger partial charge in [0.05, 0.1) is 6.54 Å². The molecule has 0 saturated carbocycles. The smallest absolute Gasteiger partial charge is 0.234 e. The van der Waals surface area contributed by atoms with Gasteiger partial charge in [-0.3, -0.25) is 4.79 Å². The summed E-state index contributed by atoms with van der Waals surface area (Å²) in [6.45, 7) is 6.52. The Morgan fingerprint density at radius 3 is 2.74 bits per heavy atom. The van der Waals surface area contributed by atoms with Crippen molar-refractivity contribution >= 4 is 5.91 Å². The normalized spacial score (nSPS) is 11.8. The van der Waals surface area contributed by atoms with Gasteiger partial charge in [0, 0.05) is 12.6 Å². The lowest BCUT2D eigenvalue weighted by atomic mass is 10.1. The van der Waals surface area contributed by atoms with Gasteiger partial charge in [0.25, 0.3) is 0 Å². The summed E-state index contributed by atoms with van der Waals surface area (Å²) in [5.74, 6) is 0.276. The van der Waals surface area contributed by atoms with Gasteiger partial charge in [0.1, 0.15) is 5.75 Å².